The molecule has 0 aromatic carbocycles. The van der Waals surface area contributed by atoms with Crippen LogP contribution in [-0.2, 0) is 10.0 Å². The number of hydrogen-bond acceptors (Lipinski definition) is 5. The van der Waals surface area contributed by atoms with Gasteiger partial charge in [0.05, 0.1) is 0 Å². The minimum atomic E-state index is -3.35. The van der Waals surface area contributed by atoms with E-state index in [1.165, 1.54) is 21.8 Å². The Morgan fingerprint density at radius 2 is 2.00 bits per heavy atom. The number of nitrogens with one attached hydrogen (secondary N) is 2. The molecule has 4 nitrogen and oxygen atoms in total. The van der Waals surface area contributed by atoms with E-state index in [9.17, 15) is 8.42 Å². The first-order valence-corrected chi connectivity index (χ1v) is 9.55. The maximum absolute atomic E-state index is 11.9. The van der Waals surface area contributed by atoms with Crippen LogP contribution in [0.2, 0.25) is 0 Å². The van der Waals surface area contributed by atoms with Gasteiger partial charge in [-0.25, -0.2) is 13.1 Å². The minimum Gasteiger partial charge on any atom is -0.308 e. The monoisotopic (exact) mass is 330 g/mol. The summed E-state index contributed by atoms with van der Waals surface area (Å²) in [5.74, 6) is 0. The molecule has 0 spiro atoms. The van der Waals surface area contributed by atoms with E-state index < -0.39 is 10.0 Å². The van der Waals surface area contributed by atoms with E-state index in [0.717, 1.165) is 0 Å². The standard InChI is InChI=1S/C13H18N2O2S3/c1-10-5-9-19-13(10)11(2)14-6-7-15-20(16,17)12-4-3-8-18-12/h3-5,8-9,11,14-15H,6-7H2,1-2H3. The highest BCUT2D eigenvalue weighted by Crippen LogP contribution is 2.23. The molecule has 0 saturated heterocycles. The highest BCUT2D eigenvalue weighted by atomic mass is 32.2. The van der Waals surface area contributed by atoms with E-state index >= 15 is 0 Å². The fraction of sp³-hybridized carbons (Fsp3) is 0.385. The Kier molecular flexibility index (Phi) is 5.34. The Balaban J connectivity index is 1.79. The molecule has 110 valence electrons. The molecule has 2 aromatic rings. The Morgan fingerprint density at radius 1 is 1.20 bits per heavy atom. The second-order valence-electron chi connectivity index (χ2n) is 4.47. The van der Waals surface area contributed by atoms with Crippen molar-refractivity contribution in [3.05, 3.63) is 39.4 Å². The predicted molar refractivity (Wildman–Crippen MR) is 85.0 cm³/mol. The van der Waals surface area contributed by atoms with Crippen LogP contribution in [0.5, 0.6) is 0 Å². The van der Waals surface area contributed by atoms with Gasteiger partial charge in [0.1, 0.15) is 4.21 Å². The van der Waals surface area contributed by atoms with Gasteiger partial charge in [0, 0.05) is 24.0 Å². The van der Waals surface area contributed by atoms with Crippen LogP contribution in [0.4, 0.5) is 0 Å². The molecule has 2 N–H and O–H groups in total. The van der Waals surface area contributed by atoms with Gasteiger partial charge in [-0.1, -0.05) is 6.07 Å². The molecule has 0 bridgehead atoms. The molecule has 1 unspecified atom stereocenters. The molecule has 0 saturated carbocycles. The molecule has 0 amide bonds. The SMILES string of the molecule is Cc1ccsc1C(C)NCCNS(=O)(=O)c1cccs1. The van der Waals surface area contributed by atoms with Crippen molar-refractivity contribution in [1.82, 2.24) is 10.0 Å². The van der Waals surface area contributed by atoms with Crippen LogP contribution in [0.15, 0.2) is 33.2 Å². The number of hydrogen-bond donors (Lipinski definition) is 2. The van der Waals surface area contributed by atoms with E-state index in [1.807, 2.05) is 0 Å². The molecule has 0 aliphatic rings. The smallest absolute Gasteiger partial charge is 0.250 e. The Labute approximate surface area is 127 Å². The van der Waals surface area contributed by atoms with E-state index in [2.05, 4.69) is 35.3 Å². The summed E-state index contributed by atoms with van der Waals surface area (Å²) in [6, 6.07) is 5.68. The van der Waals surface area contributed by atoms with Gasteiger partial charge in [0.2, 0.25) is 10.0 Å². The van der Waals surface area contributed by atoms with Crippen LogP contribution >= 0.6 is 22.7 Å². The lowest BCUT2D eigenvalue weighted by atomic mass is 10.2. The Morgan fingerprint density at radius 3 is 2.60 bits per heavy atom. The van der Waals surface area contributed by atoms with Gasteiger partial charge in [0.25, 0.3) is 0 Å². The quantitative estimate of drug-likeness (QED) is 0.768. The molecule has 0 aliphatic carbocycles. The topological polar surface area (TPSA) is 58.2 Å². The normalized spacial score (nSPS) is 13.5. The molecule has 20 heavy (non-hydrogen) atoms. The summed E-state index contributed by atoms with van der Waals surface area (Å²) >= 11 is 2.94. The van der Waals surface area contributed by atoms with Crippen LogP contribution in [0.25, 0.3) is 0 Å². The lowest BCUT2D eigenvalue weighted by Gasteiger charge is -2.13. The highest BCUT2D eigenvalue weighted by Gasteiger charge is 2.14. The zero-order chi connectivity index (χ0) is 14.6. The summed E-state index contributed by atoms with van der Waals surface area (Å²) in [7, 11) is -3.35. The van der Waals surface area contributed by atoms with E-state index in [4.69, 9.17) is 0 Å². The van der Waals surface area contributed by atoms with E-state index in [-0.39, 0.29) is 6.04 Å². The average molecular weight is 330 g/mol. The number of sulfonamides is 1. The second-order valence-corrected chi connectivity index (χ2v) is 8.36. The molecule has 2 rings (SSSR count). The average Bonchev–Trinajstić information content (AvgIpc) is 3.05. The van der Waals surface area contributed by atoms with Crippen molar-refractivity contribution in [3.63, 3.8) is 0 Å². The lowest BCUT2D eigenvalue weighted by Crippen LogP contribution is -2.32. The van der Waals surface area contributed by atoms with Gasteiger partial charge >= 0.3 is 0 Å². The molecule has 1 atom stereocenters. The lowest BCUT2D eigenvalue weighted by molar-refractivity contribution is 0.557. The molecule has 2 heterocycles. The molecule has 0 radical (unpaired) electrons. The summed E-state index contributed by atoms with van der Waals surface area (Å²) in [6.45, 7) is 5.16. The number of rotatable bonds is 7. The minimum absolute atomic E-state index is 0.237. The first-order valence-electron chi connectivity index (χ1n) is 6.31. The van der Waals surface area contributed by atoms with Gasteiger partial charge in [-0.15, -0.1) is 22.7 Å². The van der Waals surface area contributed by atoms with Crippen molar-refractivity contribution < 1.29 is 8.42 Å². The second kappa shape index (κ2) is 6.82. The summed E-state index contributed by atoms with van der Waals surface area (Å²) in [5.41, 5.74) is 1.27. The highest BCUT2D eigenvalue weighted by molar-refractivity contribution is 7.91. The van der Waals surface area contributed by atoms with Crippen molar-refractivity contribution in [3.8, 4) is 0 Å². The Bertz CT molecular complexity index is 632. The van der Waals surface area contributed by atoms with Crippen LogP contribution in [-0.4, -0.2) is 21.5 Å². The van der Waals surface area contributed by atoms with Crippen LogP contribution in [0, 0.1) is 6.92 Å². The first-order chi connectivity index (χ1) is 9.50. The van der Waals surface area contributed by atoms with Gasteiger partial charge in [-0.3, -0.25) is 0 Å². The van der Waals surface area contributed by atoms with Gasteiger partial charge < -0.3 is 5.32 Å². The zero-order valence-corrected chi connectivity index (χ0v) is 13.9. The molecular formula is C13H18N2O2S3. The molecule has 0 fully saturated rings. The third kappa shape index (κ3) is 3.89. The van der Waals surface area contributed by atoms with E-state index in [1.54, 1.807) is 28.8 Å². The van der Waals surface area contributed by atoms with Crippen LogP contribution in [0.3, 0.4) is 0 Å². The fourth-order valence-corrected chi connectivity index (χ4v) is 4.91. The van der Waals surface area contributed by atoms with Gasteiger partial charge in [0.15, 0.2) is 0 Å². The Hall–Kier alpha value is -0.730. The van der Waals surface area contributed by atoms with Crippen molar-refractivity contribution in [2.24, 2.45) is 0 Å². The molecule has 7 heteroatoms. The maximum Gasteiger partial charge on any atom is 0.250 e. The summed E-state index contributed by atoms with van der Waals surface area (Å²) in [6.07, 6.45) is 0. The van der Waals surface area contributed by atoms with Crippen molar-refractivity contribution in [2.75, 3.05) is 13.1 Å². The van der Waals surface area contributed by atoms with E-state index in [0.29, 0.717) is 17.3 Å². The maximum atomic E-state index is 11.9. The summed E-state index contributed by atoms with van der Waals surface area (Å²) < 4.78 is 26.7. The van der Waals surface area contributed by atoms with Gasteiger partial charge in [-0.2, -0.15) is 0 Å². The number of thiophene rings is 2. The van der Waals surface area contributed by atoms with Crippen molar-refractivity contribution in [2.45, 2.75) is 24.1 Å². The van der Waals surface area contributed by atoms with Crippen LogP contribution < -0.4 is 10.0 Å². The number of aryl methyl sites for hydroxylation is 1. The summed E-state index contributed by atoms with van der Waals surface area (Å²) in [5, 5.41) is 7.16. The summed E-state index contributed by atoms with van der Waals surface area (Å²) in [4.78, 5) is 1.30. The first kappa shape index (κ1) is 15.7. The van der Waals surface area contributed by atoms with Crippen LogP contribution in [0.1, 0.15) is 23.4 Å². The van der Waals surface area contributed by atoms with Crippen molar-refractivity contribution in [1.29, 1.82) is 0 Å². The third-order valence-electron chi connectivity index (χ3n) is 2.92. The molecular weight excluding hydrogens is 312 g/mol. The largest absolute Gasteiger partial charge is 0.308 e. The van der Waals surface area contributed by atoms with Crippen molar-refractivity contribution >= 4 is 32.7 Å². The predicted octanol–water partition coefficient (Wildman–Crippen LogP) is 2.75. The molecule has 0 aliphatic heterocycles. The fourth-order valence-electron chi connectivity index (χ4n) is 1.88. The zero-order valence-electron chi connectivity index (χ0n) is 11.4. The third-order valence-corrected chi connectivity index (χ3v) is 6.98. The molecule has 2 aromatic heterocycles. The van der Waals surface area contributed by atoms with Gasteiger partial charge in [-0.05, 0) is 42.3 Å².